The maximum atomic E-state index is 12.4. The molecule has 0 atom stereocenters. The van der Waals surface area contributed by atoms with Crippen molar-refractivity contribution in [1.82, 2.24) is 24.0 Å². The van der Waals surface area contributed by atoms with Crippen LogP contribution >= 0.6 is 0 Å². The van der Waals surface area contributed by atoms with Gasteiger partial charge >= 0.3 is 5.69 Å². The minimum absolute atomic E-state index is 0.382. The maximum Gasteiger partial charge on any atom is 0.330 e. The van der Waals surface area contributed by atoms with Gasteiger partial charge < -0.3 is 8.98 Å². The molecule has 8 nitrogen and oxygen atoms in total. The molecule has 0 saturated carbocycles. The predicted molar refractivity (Wildman–Crippen MR) is 99.1 cm³/mol. The summed E-state index contributed by atoms with van der Waals surface area (Å²) in [5, 5.41) is 0. The van der Waals surface area contributed by atoms with Crippen LogP contribution in [0.3, 0.4) is 0 Å². The van der Waals surface area contributed by atoms with Gasteiger partial charge in [-0.25, -0.2) is 9.78 Å². The molecule has 0 aromatic carbocycles. The van der Waals surface area contributed by atoms with Gasteiger partial charge in [-0.05, 0) is 32.5 Å². The number of aryl methyl sites for hydroxylation is 2. The second-order valence-electron chi connectivity index (χ2n) is 6.46. The van der Waals surface area contributed by atoms with E-state index in [0.717, 1.165) is 24.4 Å². The van der Waals surface area contributed by atoms with E-state index < -0.39 is 5.69 Å². The number of aromatic amines is 1. The van der Waals surface area contributed by atoms with Crippen molar-refractivity contribution in [1.29, 1.82) is 0 Å². The zero-order valence-electron chi connectivity index (χ0n) is 15.5. The van der Waals surface area contributed by atoms with Crippen molar-refractivity contribution in [2.75, 3.05) is 7.05 Å². The monoisotopic (exact) mass is 359 g/mol. The number of nitrogens with one attached hydrogen (secondary N) is 1. The van der Waals surface area contributed by atoms with Crippen LogP contribution < -0.4 is 11.2 Å². The number of fused-ring (bicyclic) bond motifs is 1. The lowest BCUT2D eigenvalue weighted by molar-refractivity contribution is 0.278. The SMILES string of the molecule is CCCCn1c(=O)[nH]c(=O)c2c1nc(CN(C)Cc1ccco1)n2CC. The van der Waals surface area contributed by atoms with E-state index in [-0.39, 0.29) is 5.56 Å². The number of furan rings is 1. The van der Waals surface area contributed by atoms with Crippen molar-refractivity contribution in [2.24, 2.45) is 0 Å². The predicted octanol–water partition coefficient (Wildman–Crippen LogP) is 1.93. The van der Waals surface area contributed by atoms with Crippen LogP contribution in [0, 0.1) is 0 Å². The van der Waals surface area contributed by atoms with Gasteiger partial charge in [-0.2, -0.15) is 0 Å². The van der Waals surface area contributed by atoms with Gasteiger partial charge in [0.25, 0.3) is 5.56 Å². The van der Waals surface area contributed by atoms with Crippen molar-refractivity contribution in [3.8, 4) is 0 Å². The molecule has 0 aliphatic heterocycles. The standard InChI is InChI=1S/C18H25N5O3/c1-4-6-9-23-16-15(17(24)20-18(23)25)22(5-2)14(19-16)12-21(3)11-13-8-7-10-26-13/h7-8,10H,4-6,9,11-12H2,1-3H3,(H,20,24,25). The average molecular weight is 359 g/mol. The Morgan fingerprint density at radius 3 is 2.69 bits per heavy atom. The molecule has 0 bridgehead atoms. The number of unbranched alkanes of at least 4 members (excludes halogenated alkanes) is 1. The zero-order valence-corrected chi connectivity index (χ0v) is 15.5. The van der Waals surface area contributed by atoms with Crippen LogP contribution in [-0.2, 0) is 26.2 Å². The van der Waals surface area contributed by atoms with Crippen LogP contribution in [0.5, 0.6) is 0 Å². The molecule has 1 N–H and O–H groups in total. The van der Waals surface area contributed by atoms with Crippen LogP contribution in [0.2, 0.25) is 0 Å². The Labute approximate surface area is 151 Å². The van der Waals surface area contributed by atoms with Gasteiger partial charge in [-0.3, -0.25) is 19.2 Å². The molecule has 0 aliphatic rings. The van der Waals surface area contributed by atoms with E-state index in [4.69, 9.17) is 4.42 Å². The normalized spacial score (nSPS) is 11.7. The van der Waals surface area contributed by atoms with Gasteiger partial charge in [0.1, 0.15) is 11.6 Å². The van der Waals surface area contributed by atoms with Crippen LogP contribution in [0.15, 0.2) is 32.4 Å². The largest absolute Gasteiger partial charge is 0.468 e. The number of nitrogens with zero attached hydrogens (tertiary/aromatic N) is 4. The van der Waals surface area contributed by atoms with Gasteiger partial charge in [0, 0.05) is 13.1 Å². The van der Waals surface area contributed by atoms with Crippen molar-refractivity contribution in [3.63, 3.8) is 0 Å². The van der Waals surface area contributed by atoms with Gasteiger partial charge in [0.15, 0.2) is 11.2 Å². The zero-order chi connectivity index (χ0) is 18.7. The molecule has 0 spiro atoms. The summed E-state index contributed by atoms with van der Waals surface area (Å²) in [6, 6.07) is 3.78. The molecular weight excluding hydrogens is 334 g/mol. The third kappa shape index (κ3) is 3.50. The van der Waals surface area contributed by atoms with E-state index in [1.165, 1.54) is 0 Å². The van der Waals surface area contributed by atoms with Crippen LogP contribution in [0.4, 0.5) is 0 Å². The number of rotatable bonds is 8. The first-order valence-electron chi connectivity index (χ1n) is 8.98. The van der Waals surface area contributed by atoms with Gasteiger partial charge in [-0.1, -0.05) is 13.3 Å². The average Bonchev–Trinajstić information content (AvgIpc) is 3.22. The summed E-state index contributed by atoms with van der Waals surface area (Å²) in [5.74, 6) is 1.63. The number of H-pyrrole nitrogens is 1. The Balaban J connectivity index is 2.01. The van der Waals surface area contributed by atoms with Crippen molar-refractivity contribution in [3.05, 3.63) is 50.8 Å². The Morgan fingerprint density at radius 1 is 1.23 bits per heavy atom. The maximum absolute atomic E-state index is 12.4. The summed E-state index contributed by atoms with van der Waals surface area (Å²) in [5.41, 5.74) is 0.152. The number of aromatic nitrogens is 4. The lowest BCUT2D eigenvalue weighted by Gasteiger charge is -2.15. The minimum Gasteiger partial charge on any atom is -0.468 e. The summed E-state index contributed by atoms with van der Waals surface area (Å²) >= 11 is 0. The quantitative estimate of drug-likeness (QED) is 0.664. The lowest BCUT2D eigenvalue weighted by atomic mass is 10.3. The fraction of sp³-hybridized carbons (Fsp3) is 0.500. The summed E-state index contributed by atoms with van der Waals surface area (Å²) in [6.07, 6.45) is 3.46. The molecule has 0 aliphatic carbocycles. The van der Waals surface area contributed by atoms with Crippen LogP contribution in [0.1, 0.15) is 38.3 Å². The second-order valence-corrected chi connectivity index (χ2v) is 6.46. The molecule has 3 heterocycles. The highest BCUT2D eigenvalue weighted by Gasteiger charge is 2.18. The summed E-state index contributed by atoms with van der Waals surface area (Å²) in [4.78, 5) is 33.8. The summed E-state index contributed by atoms with van der Waals surface area (Å²) in [6.45, 7) is 6.37. The van der Waals surface area contributed by atoms with E-state index in [0.29, 0.717) is 37.3 Å². The fourth-order valence-electron chi connectivity index (χ4n) is 3.17. The molecular formula is C18H25N5O3. The molecule has 0 unspecified atom stereocenters. The molecule has 0 fully saturated rings. The molecule has 3 aromatic heterocycles. The van der Waals surface area contributed by atoms with E-state index in [9.17, 15) is 9.59 Å². The number of imidazole rings is 1. The topological polar surface area (TPSA) is 89.1 Å². The van der Waals surface area contributed by atoms with Crippen molar-refractivity contribution >= 4 is 11.2 Å². The van der Waals surface area contributed by atoms with Gasteiger partial charge in [0.05, 0.1) is 19.4 Å². The van der Waals surface area contributed by atoms with Crippen molar-refractivity contribution < 1.29 is 4.42 Å². The fourth-order valence-corrected chi connectivity index (χ4v) is 3.17. The van der Waals surface area contributed by atoms with Gasteiger partial charge in [-0.15, -0.1) is 0 Å². The van der Waals surface area contributed by atoms with E-state index in [1.54, 1.807) is 10.8 Å². The highest BCUT2D eigenvalue weighted by Crippen LogP contribution is 2.15. The third-order valence-corrected chi connectivity index (χ3v) is 4.43. The highest BCUT2D eigenvalue weighted by atomic mass is 16.3. The molecule has 0 saturated heterocycles. The van der Waals surface area contributed by atoms with Crippen LogP contribution in [0.25, 0.3) is 11.2 Å². The highest BCUT2D eigenvalue weighted by molar-refractivity contribution is 5.70. The van der Waals surface area contributed by atoms with E-state index >= 15 is 0 Å². The van der Waals surface area contributed by atoms with E-state index in [1.807, 2.05) is 30.7 Å². The summed E-state index contributed by atoms with van der Waals surface area (Å²) in [7, 11) is 1.97. The molecule has 3 aromatic rings. The summed E-state index contributed by atoms with van der Waals surface area (Å²) < 4.78 is 8.84. The molecule has 140 valence electrons. The van der Waals surface area contributed by atoms with E-state index in [2.05, 4.69) is 21.8 Å². The molecule has 0 amide bonds. The number of hydrogen-bond donors (Lipinski definition) is 1. The Bertz CT molecular complexity index is 981. The third-order valence-electron chi connectivity index (χ3n) is 4.43. The molecule has 3 rings (SSSR count). The van der Waals surface area contributed by atoms with Crippen molar-refractivity contribution in [2.45, 2.75) is 52.9 Å². The molecule has 8 heteroatoms. The Hall–Kier alpha value is -2.61. The molecule has 26 heavy (non-hydrogen) atoms. The second kappa shape index (κ2) is 7.74. The Kier molecular flexibility index (Phi) is 5.41. The smallest absolute Gasteiger partial charge is 0.330 e. The first-order valence-corrected chi connectivity index (χ1v) is 8.98. The Morgan fingerprint density at radius 2 is 2.04 bits per heavy atom. The first kappa shape index (κ1) is 18.2. The molecule has 0 radical (unpaired) electrons. The van der Waals surface area contributed by atoms with Crippen LogP contribution in [-0.4, -0.2) is 31.0 Å². The lowest BCUT2D eigenvalue weighted by Crippen LogP contribution is -2.31. The number of hydrogen-bond acceptors (Lipinski definition) is 5. The first-order chi connectivity index (χ1) is 12.5. The van der Waals surface area contributed by atoms with Gasteiger partial charge in [0.2, 0.25) is 0 Å². The minimum atomic E-state index is -0.396.